The van der Waals surface area contributed by atoms with Crippen LogP contribution >= 0.6 is 22.6 Å². The molecule has 0 spiro atoms. The summed E-state index contributed by atoms with van der Waals surface area (Å²) in [5, 5.41) is 4.70. The van der Waals surface area contributed by atoms with Crippen molar-refractivity contribution in [3.05, 3.63) is 15.7 Å². The number of nitrogens with zero attached hydrogens (tertiary/aromatic N) is 4. The van der Waals surface area contributed by atoms with Crippen molar-refractivity contribution in [2.75, 3.05) is 44.5 Å². The number of halogens is 1. The highest BCUT2D eigenvalue weighted by molar-refractivity contribution is 14.1. The van der Waals surface area contributed by atoms with Crippen LogP contribution in [-0.2, 0) is 0 Å². The quantitative estimate of drug-likeness (QED) is 0.676. The zero-order valence-electron chi connectivity index (χ0n) is 16.2. The second-order valence-corrected chi connectivity index (χ2v) is 8.48. The van der Waals surface area contributed by atoms with E-state index in [1.54, 1.807) is 7.11 Å². The number of rotatable bonds is 5. The second-order valence-electron chi connectivity index (χ2n) is 7.32. The predicted octanol–water partition coefficient (Wildman–Crippen LogP) is 3.59. The summed E-state index contributed by atoms with van der Waals surface area (Å²) >= 11 is 2.29. The molecule has 0 bridgehead atoms. The van der Waals surface area contributed by atoms with E-state index in [2.05, 4.69) is 52.7 Å². The number of hydrogen-bond acceptors (Lipinski definition) is 6. The van der Waals surface area contributed by atoms with Gasteiger partial charge in [0, 0.05) is 44.7 Å². The number of piperidine rings is 1. The minimum absolute atomic E-state index is 0.434. The Morgan fingerprint density at radius 3 is 2.50 bits per heavy atom. The number of likely N-dealkylation sites (tertiary alicyclic amines) is 1. The molecule has 0 unspecified atom stereocenters. The van der Waals surface area contributed by atoms with Gasteiger partial charge in [-0.05, 0) is 61.4 Å². The Hall–Kier alpha value is -1.35. The van der Waals surface area contributed by atoms with Crippen molar-refractivity contribution in [1.82, 2.24) is 14.9 Å². The summed E-state index contributed by atoms with van der Waals surface area (Å²) in [5.41, 5.74) is 0.941. The molecular weight excluding hydrogens is 441 g/mol. The van der Waals surface area contributed by atoms with Crippen molar-refractivity contribution in [3.63, 3.8) is 0 Å². The minimum Gasteiger partial charge on any atom is -0.496 e. The third kappa shape index (κ3) is 4.14. The van der Waals surface area contributed by atoms with Crippen molar-refractivity contribution < 1.29 is 4.74 Å². The molecule has 6 nitrogen and oxygen atoms in total. The first-order valence-corrected chi connectivity index (χ1v) is 10.2. The van der Waals surface area contributed by atoms with Crippen molar-refractivity contribution in [3.8, 4) is 5.75 Å². The van der Waals surface area contributed by atoms with Crippen molar-refractivity contribution in [2.45, 2.75) is 38.8 Å². The maximum Gasteiger partial charge on any atom is 0.227 e. The van der Waals surface area contributed by atoms with Crippen molar-refractivity contribution in [2.24, 2.45) is 0 Å². The molecule has 1 aliphatic heterocycles. The van der Waals surface area contributed by atoms with E-state index < -0.39 is 0 Å². The molecular formula is C19H28IN5O. The summed E-state index contributed by atoms with van der Waals surface area (Å²) in [6, 6.07) is 5.16. The molecule has 2 heterocycles. The van der Waals surface area contributed by atoms with Crippen LogP contribution in [0.3, 0.4) is 0 Å². The molecule has 0 aliphatic carbocycles. The van der Waals surface area contributed by atoms with Gasteiger partial charge >= 0.3 is 0 Å². The van der Waals surface area contributed by atoms with Crippen LogP contribution < -0.4 is 15.0 Å². The average molecular weight is 469 g/mol. The molecule has 2 aromatic rings. The Morgan fingerprint density at radius 1 is 1.23 bits per heavy atom. The van der Waals surface area contributed by atoms with Crippen LogP contribution in [0, 0.1) is 3.57 Å². The number of ether oxygens (including phenoxy) is 1. The van der Waals surface area contributed by atoms with Gasteiger partial charge in [0.25, 0.3) is 0 Å². The maximum absolute atomic E-state index is 5.51. The van der Waals surface area contributed by atoms with E-state index >= 15 is 0 Å². The fraction of sp³-hybridized carbons (Fsp3) is 0.579. The first-order valence-electron chi connectivity index (χ1n) is 9.12. The molecule has 1 aromatic heterocycles. The van der Waals surface area contributed by atoms with Crippen molar-refractivity contribution in [1.29, 1.82) is 0 Å². The lowest BCUT2D eigenvalue weighted by Gasteiger charge is -2.35. The summed E-state index contributed by atoms with van der Waals surface area (Å²) in [6.45, 7) is 6.78. The Bertz CT molecular complexity index is 772. The average Bonchev–Trinajstić information content (AvgIpc) is 2.61. The lowest BCUT2D eigenvalue weighted by Crippen LogP contribution is -2.42. The molecule has 3 rings (SSSR count). The summed E-state index contributed by atoms with van der Waals surface area (Å²) < 4.78 is 6.56. The number of benzene rings is 1. The van der Waals surface area contributed by atoms with Crippen LogP contribution in [0.15, 0.2) is 12.1 Å². The fourth-order valence-electron chi connectivity index (χ4n) is 3.34. The number of methoxy groups -OCH3 is 1. The fourth-order valence-corrected chi connectivity index (χ4v) is 4.01. The van der Waals surface area contributed by atoms with Gasteiger partial charge in [0.2, 0.25) is 5.95 Å². The van der Waals surface area contributed by atoms with Crippen LogP contribution in [0.25, 0.3) is 10.9 Å². The SMILES string of the molecule is COc1cc2c(NC3CCN(C(C)C)CC3)nc(N(C)C)nc2cc1I. The van der Waals surface area contributed by atoms with Crippen molar-refractivity contribution >= 4 is 45.3 Å². The first-order chi connectivity index (χ1) is 12.4. The first kappa shape index (κ1) is 19.4. The molecule has 1 aliphatic rings. The smallest absolute Gasteiger partial charge is 0.227 e. The van der Waals surface area contributed by atoms with Crippen LogP contribution in [0.2, 0.25) is 0 Å². The molecule has 142 valence electrons. The van der Waals surface area contributed by atoms with E-state index in [1.807, 2.05) is 25.1 Å². The third-order valence-corrected chi connectivity index (χ3v) is 5.80. The predicted molar refractivity (Wildman–Crippen MR) is 116 cm³/mol. The van der Waals surface area contributed by atoms with E-state index in [-0.39, 0.29) is 0 Å². The van der Waals surface area contributed by atoms with E-state index in [9.17, 15) is 0 Å². The lowest BCUT2D eigenvalue weighted by atomic mass is 10.0. The van der Waals surface area contributed by atoms with Gasteiger partial charge in [0.05, 0.1) is 16.2 Å². The van der Waals surface area contributed by atoms with Gasteiger partial charge in [0.15, 0.2) is 0 Å². The Labute approximate surface area is 169 Å². The summed E-state index contributed by atoms with van der Waals surface area (Å²) in [4.78, 5) is 14.0. The van der Waals surface area contributed by atoms with Crippen LogP contribution in [-0.4, -0.2) is 61.2 Å². The van der Waals surface area contributed by atoms with Gasteiger partial charge in [0.1, 0.15) is 11.6 Å². The summed E-state index contributed by atoms with van der Waals surface area (Å²) in [7, 11) is 5.65. The molecule has 0 amide bonds. The third-order valence-electron chi connectivity index (χ3n) is 4.96. The molecule has 1 aromatic carbocycles. The molecule has 0 radical (unpaired) electrons. The molecule has 1 saturated heterocycles. The van der Waals surface area contributed by atoms with E-state index in [4.69, 9.17) is 14.7 Å². The molecule has 1 N–H and O–H groups in total. The number of hydrogen-bond donors (Lipinski definition) is 1. The molecule has 26 heavy (non-hydrogen) atoms. The van der Waals surface area contributed by atoms with Gasteiger partial charge in [-0.15, -0.1) is 0 Å². The molecule has 1 fully saturated rings. The maximum atomic E-state index is 5.51. The Morgan fingerprint density at radius 2 is 1.92 bits per heavy atom. The monoisotopic (exact) mass is 469 g/mol. The Balaban J connectivity index is 1.93. The topological polar surface area (TPSA) is 53.5 Å². The van der Waals surface area contributed by atoms with Gasteiger partial charge in [-0.3, -0.25) is 0 Å². The molecule has 7 heteroatoms. The zero-order valence-corrected chi connectivity index (χ0v) is 18.4. The van der Waals surface area contributed by atoms with Crippen LogP contribution in [0.4, 0.5) is 11.8 Å². The van der Waals surface area contributed by atoms with Crippen LogP contribution in [0.5, 0.6) is 5.75 Å². The standard InChI is InChI=1S/C19H28IN5O/c1-12(2)25-8-6-13(7-9-25)21-18-14-10-17(26-5)15(20)11-16(14)22-19(23-18)24(3)4/h10-13H,6-9H2,1-5H3,(H,21,22,23). The van der Waals surface area contributed by atoms with Gasteiger partial charge < -0.3 is 19.9 Å². The minimum atomic E-state index is 0.434. The zero-order chi connectivity index (χ0) is 18.8. The van der Waals surface area contributed by atoms with Gasteiger partial charge in [-0.2, -0.15) is 4.98 Å². The van der Waals surface area contributed by atoms with E-state index in [0.717, 1.165) is 57.9 Å². The highest BCUT2D eigenvalue weighted by Crippen LogP contribution is 2.32. The van der Waals surface area contributed by atoms with Gasteiger partial charge in [-0.25, -0.2) is 4.98 Å². The number of nitrogens with one attached hydrogen (secondary N) is 1. The molecule has 0 saturated carbocycles. The highest BCUT2D eigenvalue weighted by Gasteiger charge is 2.22. The second kappa shape index (κ2) is 8.12. The number of anilines is 2. The largest absolute Gasteiger partial charge is 0.496 e. The van der Waals surface area contributed by atoms with E-state index in [0.29, 0.717) is 12.1 Å². The number of aromatic nitrogens is 2. The normalized spacial score (nSPS) is 16.3. The summed E-state index contributed by atoms with van der Waals surface area (Å²) in [5.74, 6) is 2.48. The number of fused-ring (bicyclic) bond motifs is 1. The summed E-state index contributed by atoms with van der Waals surface area (Å²) in [6.07, 6.45) is 2.25. The van der Waals surface area contributed by atoms with Crippen LogP contribution in [0.1, 0.15) is 26.7 Å². The lowest BCUT2D eigenvalue weighted by molar-refractivity contribution is 0.177. The van der Waals surface area contributed by atoms with Gasteiger partial charge in [-0.1, -0.05) is 0 Å². The highest BCUT2D eigenvalue weighted by atomic mass is 127. The molecule has 0 atom stereocenters. The van der Waals surface area contributed by atoms with E-state index in [1.165, 1.54) is 0 Å². The Kier molecular flexibility index (Phi) is 6.06.